The lowest BCUT2D eigenvalue weighted by molar-refractivity contribution is 0.698. The molecular formula is C25H24N8. The van der Waals surface area contributed by atoms with Crippen molar-refractivity contribution in [2.75, 3.05) is 11.9 Å². The molecule has 8 heteroatoms. The van der Waals surface area contributed by atoms with Gasteiger partial charge >= 0.3 is 0 Å². The van der Waals surface area contributed by atoms with E-state index in [9.17, 15) is 0 Å². The molecule has 1 atom stereocenters. The third kappa shape index (κ3) is 4.56. The molecule has 0 saturated carbocycles. The lowest BCUT2D eigenvalue weighted by atomic mass is 10.1. The van der Waals surface area contributed by atoms with Gasteiger partial charge in [0.1, 0.15) is 11.3 Å². The van der Waals surface area contributed by atoms with E-state index in [1.807, 2.05) is 49.6 Å². The number of hydrogen-bond donors (Lipinski definition) is 2. The first-order valence-corrected chi connectivity index (χ1v) is 10.8. The number of aryl methyl sites for hydroxylation is 1. The fraction of sp³-hybridized carbons (Fsp3) is 0.160. The van der Waals surface area contributed by atoms with E-state index in [0.29, 0.717) is 12.4 Å². The van der Waals surface area contributed by atoms with Gasteiger partial charge in [0.2, 0.25) is 0 Å². The number of hydrogen-bond acceptors (Lipinski definition) is 7. The molecule has 5 rings (SSSR count). The summed E-state index contributed by atoms with van der Waals surface area (Å²) in [6.07, 6.45) is 9.73. The number of pyridine rings is 2. The second kappa shape index (κ2) is 9.13. The maximum absolute atomic E-state index is 6.43. The zero-order valence-electron chi connectivity index (χ0n) is 18.3. The van der Waals surface area contributed by atoms with E-state index in [-0.39, 0.29) is 6.04 Å². The molecule has 3 N–H and O–H groups in total. The minimum Gasteiger partial charge on any atom is -0.368 e. The number of nitrogens with two attached hydrogens (primary N) is 1. The largest absolute Gasteiger partial charge is 0.368 e. The summed E-state index contributed by atoms with van der Waals surface area (Å²) in [7, 11) is 1.88. The van der Waals surface area contributed by atoms with Crippen molar-refractivity contribution in [1.29, 1.82) is 0 Å². The van der Waals surface area contributed by atoms with Crippen molar-refractivity contribution in [3.63, 3.8) is 0 Å². The van der Waals surface area contributed by atoms with Gasteiger partial charge in [-0.25, -0.2) is 9.97 Å². The van der Waals surface area contributed by atoms with Gasteiger partial charge in [0.05, 0.1) is 11.9 Å². The molecule has 5 aromatic rings. The van der Waals surface area contributed by atoms with E-state index >= 15 is 0 Å². The zero-order valence-corrected chi connectivity index (χ0v) is 18.3. The number of aromatic nitrogens is 6. The number of anilines is 1. The first kappa shape index (κ1) is 20.7. The molecule has 0 radical (unpaired) electrons. The molecule has 4 aromatic heterocycles. The summed E-state index contributed by atoms with van der Waals surface area (Å²) in [6.45, 7) is 0.571. The van der Waals surface area contributed by atoms with Crippen molar-refractivity contribution in [2.45, 2.75) is 12.5 Å². The second-order valence-electron chi connectivity index (χ2n) is 7.92. The summed E-state index contributed by atoms with van der Waals surface area (Å²) < 4.78 is 1.75. The highest BCUT2D eigenvalue weighted by Gasteiger charge is 2.16. The summed E-state index contributed by atoms with van der Waals surface area (Å²) in [5.74, 6) is 1.32. The number of nitrogens with one attached hydrogen (secondary N) is 1. The predicted molar refractivity (Wildman–Crippen MR) is 129 cm³/mol. The average Bonchev–Trinajstić information content (AvgIpc) is 3.29. The Hall–Kier alpha value is -4.17. The van der Waals surface area contributed by atoms with Crippen molar-refractivity contribution in [1.82, 2.24) is 29.7 Å². The molecule has 1 aromatic carbocycles. The Morgan fingerprint density at radius 2 is 1.79 bits per heavy atom. The van der Waals surface area contributed by atoms with Crippen LogP contribution in [0.5, 0.6) is 0 Å². The molecule has 0 aliphatic heterocycles. The van der Waals surface area contributed by atoms with Gasteiger partial charge in [0, 0.05) is 60.9 Å². The Kier molecular flexibility index (Phi) is 5.73. The summed E-state index contributed by atoms with van der Waals surface area (Å²) in [5, 5.41) is 8.64. The first-order valence-electron chi connectivity index (χ1n) is 10.8. The fourth-order valence-electron chi connectivity index (χ4n) is 3.79. The van der Waals surface area contributed by atoms with Crippen LogP contribution in [0.3, 0.4) is 0 Å². The minimum atomic E-state index is -0.0681. The number of benzene rings is 1. The number of rotatable bonds is 7. The highest BCUT2D eigenvalue weighted by atomic mass is 15.2. The van der Waals surface area contributed by atoms with E-state index in [1.54, 1.807) is 29.5 Å². The smallest absolute Gasteiger partial charge is 0.162 e. The van der Waals surface area contributed by atoms with E-state index in [0.717, 1.165) is 40.0 Å². The highest BCUT2D eigenvalue weighted by molar-refractivity contribution is 5.98. The zero-order chi connectivity index (χ0) is 22.6. The number of fused-ring (bicyclic) bond motifs is 1. The molecule has 0 aliphatic rings. The van der Waals surface area contributed by atoms with Gasteiger partial charge in [-0.1, -0.05) is 30.3 Å². The van der Waals surface area contributed by atoms with Crippen LogP contribution < -0.4 is 11.1 Å². The molecule has 4 heterocycles. The monoisotopic (exact) mass is 436 g/mol. The third-order valence-corrected chi connectivity index (χ3v) is 5.40. The van der Waals surface area contributed by atoms with Gasteiger partial charge in [0.15, 0.2) is 5.82 Å². The molecular weight excluding hydrogens is 412 g/mol. The quantitative estimate of drug-likeness (QED) is 0.402. The molecule has 0 aliphatic carbocycles. The van der Waals surface area contributed by atoms with Crippen LogP contribution in [-0.4, -0.2) is 42.3 Å². The van der Waals surface area contributed by atoms with Crippen molar-refractivity contribution in [3.05, 3.63) is 85.1 Å². The lowest BCUT2D eigenvalue weighted by Crippen LogP contribution is -2.31. The Morgan fingerprint density at radius 3 is 2.55 bits per heavy atom. The van der Waals surface area contributed by atoms with Crippen LogP contribution in [0.15, 0.2) is 79.5 Å². The molecule has 0 fully saturated rings. The standard InChI is InChI=1S/C25H24N8/c1-33-16-19(14-30-33)22-23-21(9-12-28-22)25(32-24(31-23)18-7-10-27-11-8-18)29-15-20(26)13-17-5-3-2-4-6-17/h2-12,14,16,20H,13,15,26H2,1H3,(H,29,31,32)/t20-/m0/s1. The topological polar surface area (TPSA) is 107 Å². The maximum Gasteiger partial charge on any atom is 0.162 e. The molecule has 0 saturated heterocycles. The Morgan fingerprint density at radius 1 is 0.970 bits per heavy atom. The molecule has 0 bridgehead atoms. The maximum atomic E-state index is 6.43. The predicted octanol–water partition coefficient (Wildman–Crippen LogP) is 3.47. The molecule has 164 valence electrons. The fourth-order valence-corrected chi connectivity index (χ4v) is 3.79. The van der Waals surface area contributed by atoms with Crippen molar-refractivity contribution >= 4 is 16.7 Å². The minimum absolute atomic E-state index is 0.0681. The average molecular weight is 437 g/mol. The van der Waals surface area contributed by atoms with Crippen LogP contribution in [0.2, 0.25) is 0 Å². The summed E-state index contributed by atoms with van der Waals surface area (Å²) in [5.41, 5.74) is 10.9. The van der Waals surface area contributed by atoms with Crippen LogP contribution >= 0.6 is 0 Å². The van der Waals surface area contributed by atoms with Gasteiger partial charge in [-0.2, -0.15) is 5.10 Å². The molecule has 0 amide bonds. The molecule has 8 nitrogen and oxygen atoms in total. The van der Waals surface area contributed by atoms with Crippen LogP contribution in [0.4, 0.5) is 5.82 Å². The van der Waals surface area contributed by atoms with Crippen molar-refractivity contribution < 1.29 is 0 Å². The molecule has 0 unspecified atom stereocenters. The van der Waals surface area contributed by atoms with Gasteiger partial charge < -0.3 is 11.1 Å². The molecule has 33 heavy (non-hydrogen) atoms. The summed E-state index contributed by atoms with van der Waals surface area (Å²) in [6, 6.07) is 15.9. The lowest BCUT2D eigenvalue weighted by Gasteiger charge is -2.16. The normalized spacial score (nSPS) is 12.1. The Labute approximate surface area is 191 Å². The highest BCUT2D eigenvalue weighted by Crippen LogP contribution is 2.30. The van der Waals surface area contributed by atoms with Crippen molar-refractivity contribution in [3.8, 4) is 22.6 Å². The third-order valence-electron chi connectivity index (χ3n) is 5.40. The first-order chi connectivity index (χ1) is 16.2. The van der Waals surface area contributed by atoms with Crippen LogP contribution in [-0.2, 0) is 13.5 Å². The van der Waals surface area contributed by atoms with E-state index in [4.69, 9.17) is 15.7 Å². The van der Waals surface area contributed by atoms with E-state index in [1.165, 1.54) is 5.56 Å². The summed E-state index contributed by atoms with van der Waals surface area (Å²) in [4.78, 5) is 18.4. The van der Waals surface area contributed by atoms with Crippen molar-refractivity contribution in [2.24, 2.45) is 12.8 Å². The van der Waals surface area contributed by atoms with Gasteiger partial charge in [0.25, 0.3) is 0 Å². The van der Waals surface area contributed by atoms with E-state index < -0.39 is 0 Å². The van der Waals surface area contributed by atoms with Gasteiger partial charge in [-0.05, 0) is 30.2 Å². The Balaban J connectivity index is 1.54. The van der Waals surface area contributed by atoms with Crippen LogP contribution in [0.25, 0.3) is 33.5 Å². The SMILES string of the molecule is Cn1cc(-c2nccc3c(NC[C@@H](N)Cc4ccccc4)nc(-c4ccncc4)nc23)cn1. The van der Waals surface area contributed by atoms with E-state index in [2.05, 4.69) is 32.5 Å². The van der Waals surface area contributed by atoms with Crippen LogP contribution in [0.1, 0.15) is 5.56 Å². The molecule has 0 spiro atoms. The summed E-state index contributed by atoms with van der Waals surface area (Å²) >= 11 is 0. The van der Waals surface area contributed by atoms with Crippen LogP contribution in [0, 0.1) is 0 Å². The second-order valence-corrected chi connectivity index (χ2v) is 7.92. The van der Waals surface area contributed by atoms with Gasteiger partial charge in [-0.15, -0.1) is 0 Å². The number of nitrogens with zero attached hydrogens (tertiary/aromatic N) is 6. The Bertz CT molecular complexity index is 1370. The van der Waals surface area contributed by atoms with Gasteiger partial charge in [-0.3, -0.25) is 14.6 Å².